The number of hydrogen-bond acceptors (Lipinski definition) is 4. The van der Waals surface area contributed by atoms with Gasteiger partial charge in [-0.2, -0.15) is 0 Å². The van der Waals surface area contributed by atoms with E-state index in [4.69, 9.17) is 14.6 Å². The Morgan fingerprint density at radius 1 is 1.12 bits per heavy atom. The lowest BCUT2D eigenvalue weighted by Crippen LogP contribution is -2.17. The average molecular weight is 334 g/mol. The average Bonchev–Trinajstić information content (AvgIpc) is 3.10. The second-order valence-electron chi connectivity index (χ2n) is 6.06. The second kappa shape index (κ2) is 6.57. The van der Waals surface area contributed by atoms with Crippen LogP contribution < -0.4 is 10.4 Å². The Morgan fingerprint density at radius 3 is 2.84 bits per heavy atom. The summed E-state index contributed by atoms with van der Waals surface area (Å²) in [5, 5.41) is 13.5. The van der Waals surface area contributed by atoms with E-state index in [1.54, 1.807) is 0 Å². The van der Waals surface area contributed by atoms with Crippen LogP contribution in [0.5, 0.6) is 0 Å². The monoisotopic (exact) mass is 334 g/mol. The summed E-state index contributed by atoms with van der Waals surface area (Å²) in [5.74, 6) is 0.496. The molecule has 0 fully saturated rings. The zero-order valence-electron chi connectivity index (χ0n) is 13.7. The molecule has 0 heterocycles. The number of aliphatic hydroxyl groups excluding tert-OH is 1. The van der Waals surface area contributed by atoms with Crippen molar-refractivity contribution in [2.24, 2.45) is 0 Å². The zero-order chi connectivity index (χ0) is 17.2. The van der Waals surface area contributed by atoms with Gasteiger partial charge >= 0.3 is 6.16 Å². The molecule has 1 N–H and O–H groups in total. The number of benzene rings is 2. The number of ether oxygens (including phenoxy) is 2. The van der Waals surface area contributed by atoms with Crippen LogP contribution in [-0.2, 0) is 15.9 Å². The highest BCUT2D eigenvalue weighted by Crippen LogP contribution is 2.23. The molecule has 0 aliphatic heterocycles. The molecule has 0 saturated heterocycles. The highest BCUT2D eigenvalue weighted by Gasteiger charge is 2.13. The summed E-state index contributed by atoms with van der Waals surface area (Å²) in [4.78, 5) is 11.6. The van der Waals surface area contributed by atoms with Crippen molar-refractivity contribution in [3.63, 3.8) is 0 Å². The number of aliphatic hydroxyl groups is 1. The van der Waals surface area contributed by atoms with Gasteiger partial charge in [0.1, 0.15) is 5.76 Å². The summed E-state index contributed by atoms with van der Waals surface area (Å²) in [5.41, 5.74) is 2.50. The SMILES string of the molecule is O=C(OCCCO)OC1=CCc2c(ccc3c4c(ccc23)=CC=C4)=C1. The molecular weight excluding hydrogens is 316 g/mol. The van der Waals surface area contributed by atoms with Crippen molar-refractivity contribution in [2.45, 2.75) is 12.8 Å². The quantitative estimate of drug-likeness (QED) is 0.689. The summed E-state index contributed by atoms with van der Waals surface area (Å²) in [6.07, 6.45) is 10.5. The van der Waals surface area contributed by atoms with E-state index in [1.807, 2.05) is 12.2 Å². The van der Waals surface area contributed by atoms with Crippen LogP contribution in [0.2, 0.25) is 0 Å². The van der Waals surface area contributed by atoms with Gasteiger partial charge in [-0.3, -0.25) is 0 Å². The van der Waals surface area contributed by atoms with Crippen LogP contribution >= 0.6 is 0 Å². The van der Waals surface area contributed by atoms with Gasteiger partial charge in [-0.15, -0.1) is 0 Å². The Hall–Kier alpha value is -2.85. The topological polar surface area (TPSA) is 55.8 Å². The highest BCUT2D eigenvalue weighted by molar-refractivity contribution is 5.96. The number of fused-ring (bicyclic) bond motifs is 5. The minimum Gasteiger partial charge on any atom is -0.434 e. The maximum absolute atomic E-state index is 11.6. The first-order valence-corrected chi connectivity index (χ1v) is 8.36. The third-order valence-electron chi connectivity index (χ3n) is 4.49. The summed E-state index contributed by atoms with van der Waals surface area (Å²) in [6, 6.07) is 8.49. The summed E-state index contributed by atoms with van der Waals surface area (Å²) in [6.45, 7) is 0.138. The first-order valence-electron chi connectivity index (χ1n) is 8.36. The minimum absolute atomic E-state index is 0.0147. The molecule has 0 amide bonds. The van der Waals surface area contributed by atoms with Crippen LogP contribution in [0.3, 0.4) is 0 Å². The fourth-order valence-corrected chi connectivity index (χ4v) is 3.30. The Bertz CT molecular complexity index is 1030. The van der Waals surface area contributed by atoms with E-state index < -0.39 is 6.16 Å². The van der Waals surface area contributed by atoms with Crippen molar-refractivity contribution in [1.29, 1.82) is 0 Å². The molecule has 0 radical (unpaired) electrons. The maximum Gasteiger partial charge on any atom is 0.513 e. The van der Waals surface area contributed by atoms with E-state index in [0.29, 0.717) is 18.6 Å². The van der Waals surface area contributed by atoms with Gasteiger partial charge in [0.2, 0.25) is 0 Å². The minimum atomic E-state index is -0.737. The van der Waals surface area contributed by atoms with E-state index in [0.717, 1.165) is 5.22 Å². The molecule has 2 aliphatic carbocycles. The highest BCUT2D eigenvalue weighted by atomic mass is 16.7. The number of carbonyl (C=O) groups is 1. The summed E-state index contributed by atoms with van der Waals surface area (Å²) in [7, 11) is 0. The molecule has 0 unspecified atom stereocenters. The summed E-state index contributed by atoms with van der Waals surface area (Å²) < 4.78 is 10.1. The first kappa shape index (κ1) is 15.7. The van der Waals surface area contributed by atoms with E-state index in [9.17, 15) is 4.79 Å². The van der Waals surface area contributed by atoms with Gasteiger partial charge in [0.05, 0.1) is 6.61 Å². The summed E-state index contributed by atoms with van der Waals surface area (Å²) >= 11 is 0. The molecule has 4 nitrogen and oxygen atoms in total. The van der Waals surface area contributed by atoms with E-state index in [-0.39, 0.29) is 13.2 Å². The molecule has 25 heavy (non-hydrogen) atoms. The first-order chi connectivity index (χ1) is 12.3. The van der Waals surface area contributed by atoms with Crippen molar-refractivity contribution in [3.8, 4) is 0 Å². The Labute approximate surface area is 145 Å². The zero-order valence-corrected chi connectivity index (χ0v) is 13.7. The smallest absolute Gasteiger partial charge is 0.434 e. The third-order valence-corrected chi connectivity index (χ3v) is 4.49. The van der Waals surface area contributed by atoms with Gasteiger partial charge in [-0.25, -0.2) is 4.79 Å². The normalized spacial score (nSPS) is 14.2. The predicted molar refractivity (Wildman–Crippen MR) is 97.1 cm³/mol. The van der Waals surface area contributed by atoms with Crippen molar-refractivity contribution in [1.82, 2.24) is 0 Å². The van der Waals surface area contributed by atoms with Crippen molar-refractivity contribution in [2.75, 3.05) is 13.2 Å². The Balaban J connectivity index is 1.62. The fraction of sp³-hybridized carbons (Fsp3) is 0.190. The molecule has 0 spiro atoms. The van der Waals surface area contributed by atoms with E-state index in [1.165, 1.54) is 27.1 Å². The van der Waals surface area contributed by atoms with Crippen molar-refractivity contribution in [3.05, 3.63) is 63.7 Å². The van der Waals surface area contributed by atoms with E-state index >= 15 is 0 Å². The van der Waals surface area contributed by atoms with Gasteiger partial charge in [0.25, 0.3) is 0 Å². The van der Waals surface area contributed by atoms with Gasteiger partial charge in [0, 0.05) is 13.0 Å². The lowest BCUT2D eigenvalue weighted by atomic mass is 9.94. The molecule has 0 aromatic heterocycles. The largest absolute Gasteiger partial charge is 0.513 e. The van der Waals surface area contributed by atoms with Crippen molar-refractivity contribution >= 4 is 35.2 Å². The number of hydrogen-bond donors (Lipinski definition) is 1. The third kappa shape index (κ3) is 2.96. The second-order valence-corrected chi connectivity index (χ2v) is 6.06. The van der Waals surface area contributed by atoms with Gasteiger partial charge in [-0.1, -0.05) is 42.5 Å². The molecule has 0 bridgehead atoms. The Kier molecular flexibility index (Phi) is 4.12. The van der Waals surface area contributed by atoms with Crippen LogP contribution in [-0.4, -0.2) is 24.5 Å². The van der Waals surface area contributed by atoms with Crippen LogP contribution in [0.1, 0.15) is 17.5 Å². The molecule has 4 rings (SSSR count). The number of carbonyl (C=O) groups excluding carboxylic acids is 1. The molecular formula is C21H18O4. The molecule has 0 saturated carbocycles. The van der Waals surface area contributed by atoms with Gasteiger partial charge in [0.15, 0.2) is 0 Å². The molecule has 126 valence electrons. The Morgan fingerprint density at radius 2 is 1.96 bits per heavy atom. The maximum atomic E-state index is 11.6. The fourth-order valence-electron chi connectivity index (χ4n) is 3.30. The van der Waals surface area contributed by atoms with Gasteiger partial charge < -0.3 is 14.6 Å². The molecule has 2 aromatic carbocycles. The van der Waals surface area contributed by atoms with Gasteiger partial charge in [-0.05, 0) is 50.9 Å². The lowest BCUT2D eigenvalue weighted by Gasteiger charge is -2.14. The molecule has 2 aromatic rings. The van der Waals surface area contributed by atoms with Crippen molar-refractivity contribution < 1.29 is 19.4 Å². The number of rotatable bonds is 4. The van der Waals surface area contributed by atoms with Crippen LogP contribution in [0.4, 0.5) is 4.79 Å². The van der Waals surface area contributed by atoms with Crippen LogP contribution in [0.15, 0.2) is 42.2 Å². The number of allylic oxidation sites excluding steroid dienone is 3. The van der Waals surface area contributed by atoms with Crippen LogP contribution in [0.25, 0.3) is 29.0 Å². The molecule has 4 heteroatoms. The predicted octanol–water partition coefficient (Wildman–Crippen LogP) is 2.40. The molecule has 0 atom stereocenters. The lowest BCUT2D eigenvalue weighted by molar-refractivity contribution is 0.0750. The molecule has 2 aliphatic rings. The van der Waals surface area contributed by atoms with E-state index in [2.05, 4.69) is 42.5 Å². The standard InChI is InChI=1S/C21H18O4/c22-11-2-12-24-21(23)25-16-7-10-18-15(13-16)6-9-19-17-4-1-3-14(17)5-8-20(18)19/h1,3-9,13,22H,2,10-12H2. The van der Waals surface area contributed by atoms with Crippen LogP contribution in [0, 0.1) is 0 Å².